The van der Waals surface area contributed by atoms with Crippen molar-refractivity contribution in [2.24, 2.45) is 0 Å². The molecule has 22 heavy (non-hydrogen) atoms. The van der Waals surface area contributed by atoms with Gasteiger partial charge in [-0.3, -0.25) is 0 Å². The summed E-state index contributed by atoms with van der Waals surface area (Å²) in [5.74, 6) is 1.80. The minimum Gasteiger partial charge on any atom is -0.492 e. The third-order valence-electron chi connectivity index (χ3n) is 3.75. The molecular formula is C18H22N2O2. The van der Waals surface area contributed by atoms with Crippen molar-refractivity contribution in [2.75, 3.05) is 30.3 Å². The predicted molar refractivity (Wildman–Crippen MR) is 89.8 cm³/mol. The third kappa shape index (κ3) is 3.27. The number of hydrogen-bond acceptors (Lipinski definition) is 4. The van der Waals surface area contributed by atoms with Gasteiger partial charge in [-0.1, -0.05) is 12.1 Å². The molecule has 0 radical (unpaired) electrons. The molecule has 4 heteroatoms. The van der Waals surface area contributed by atoms with Crippen molar-refractivity contribution in [3.63, 3.8) is 0 Å². The number of aryl methyl sites for hydroxylation is 1. The van der Waals surface area contributed by atoms with E-state index in [0.717, 1.165) is 36.0 Å². The van der Waals surface area contributed by atoms with Crippen LogP contribution >= 0.6 is 0 Å². The standard InChI is InChI=1S/C18H22N2O2/c1-13-4-3-5-16(10-13)21-9-8-20-12-14(2)22-18-7-6-15(19)11-17(18)20/h3-7,10-11,14H,8-9,12,19H2,1-2H3. The van der Waals surface area contributed by atoms with Gasteiger partial charge in [0.15, 0.2) is 0 Å². The summed E-state index contributed by atoms with van der Waals surface area (Å²) >= 11 is 0. The van der Waals surface area contributed by atoms with E-state index < -0.39 is 0 Å². The van der Waals surface area contributed by atoms with Crippen molar-refractivity contribution >= 4 is 11.4 Å². The van der Waals surface area contributed by atoms with Crippen LogP contribution in [0.5, 0.6) is 11.5 Å². The maximum Gasteiger partial charge on any atom is 0.143 e. The van der Waals surface area contributed by atoms with Gasteiger partial charge in [0.1, 0.15) is 24.2 Å². The largest absolute Gasteiger partial charge is 0.492 e. The first-order chi connectivity index (χ1) is 10.6. The number of anilines is 2. The highest BCUT2D eigenvalue weighted by Gasteiger charge is 2.22. The Labute approximate surface area is 131 Å². The molecule has 0 saturated carbocycles. The molecule has 0 aromatic heterocycles. The molecule has 116 valence electrons. The average Bonchev–Trinajstić information content (AvgIpc) is 2.48. The van der Waals surface area contributed by atoms with Crippen molar-refractivity contribution in [3.05, 3.63) is 48.0 Å². The van der Waals surface area contributed by atoms with Crippen molar-refractivity contribution < 1.29 is 9.47 Å². The van der Waals surface area contributed by atoms with Crippen molar-refractivity contribution in [2.45, 2.75) is 20.0 Å². The van der Waals surface area contributed by atoms with E-state index in [1.54, 1.807) is 0 Å². The van der Waals surface area contributed by atoms with Gasteiger partial charge in [0.2, 0.25) is 0 Å². The maximum atomic E-state index is 5.90. The fourth-order valence-electron chi connectivity index (χ4n) is 2.73. The molecule has 2 aromatic rings. The second-order valence-electron chi connectivity index (χ2n) is 5.77. The molecule has 0 saturated heterocycles. The zero-order chi connectivity index (χ0) is 15.5. The monoisotopic (exact) mass is 298 g/mol. The molecule has 1 aliphatic heterocycles. The molecule has 0 amide bonds. The number of nitrogens with zero attached hydrogens (tertiary/aromatic N) is 1. The van der Waals surface area contributed by atoms with E-state index in [0.29, 0.717) is 6.61 Å². The van der Waals surface area contributed by atoms with E-state index in [9.17, 15) is 0 Å². The van der Waals surface area contributed by atoms with E-state index in [1.165, 1.54) is 5.56 Å². The van der Waals surface area contributed by atoms with Crippen LogP contribution in [0.4, 0.5) is 11.4 Å². The summed E-state index contributed by atoms with van der Waals surface area (Å²) in [5, 5.41) is 0. The van der Waals surface area contributed by atoms with E-state index in [-0.39, 0.29) is 6.10 Å². The normalized spacial score (nSPS) is 16.8. The Morgan fingerprint density at radius 3 is 2.95 bits per heavy atom. The van der Waals surface area contributed by atoms with Gasteiger partial charge in [-0.2, -0.15) is 0 Å². The number of rotatable bonds is 4. The van der Waals surface area contributed by atoms with Crippen LogP contribution < -0.4 is 20.1 Å². The average molecular weight is 298 g/mol. The van der Waals surface area contributed by atoms with E-state index >= 15 is 0 Å². The minimum absolute atomic E-state index is 0.162. The van der Waals surface area contributed by atoms with E-state index in [2.05, 4.69) is 24.8 Å². The fourth-order valence-corrected chi connectivity index (χ4v) is 2.73. The minimum atomic E-state index is 0.162. The first-order valence-electron chi connectivity index (χ1n) is 7.62. The highest BCUT2D eigenvalue weighted by Crippen LogP contribution is 2.34. The van der Waals surface area contributed by atoms with Gasteiger partial charge in [0.05, 0.1) is 18.8 Å². The van der Waals surface area contributed by atoms with Gasteiger partial charge < -0.3 is 20.1 Å². The van der Waals surface area contributed by atoms with Crippen LogP contribution in [0.2, 0.25) is 0 Å². The molecule has 1 atom stereocenters. The van der Waals surface area contributed by atoms with Crippen LogP contribution in [0.1, 0.15) is 12.5 Å². The lowest BCUT2D eigenvalue weighted by Crippen LogP contribution is -2.40. The highest BCUT2D eigenvalue weighted by atomic mass is 16.5. The van der Waals surface area contributed by atoms with Crippen LogP contribution in [0.25, 0.3) is 0 Å². The van der Waals surface area contributed by atoms with Gasteiger partial charge in [-0.25, -0.2) is 0 Å². The molecule has 3 rings (SSSR count). The summed E-state index contributed by atoms with van der Waals surface area (Å²) < 4.78 is 11.7. The van der Waals surface area contributed by atoms with Gasteiger partial charge in [-0.15, -0.1) is 0 Å². The quantitative estimate of drug-likeness (QED) is 0.880. The van der Waals surface area contributed by atoms with Gasteiger partial charge in [0, 0.05) is 5.69 Å². The molecule has 4 nitrogen and oxygen atoms in total. The molecule has 1 heterocycles. The highest BCUT2D eigenvalue weighted by molar-refractivity contribution is 5.66. The fraction of sp³-hybridized carbons (Fsp3) is 0.333. The number of benzene rings is 2. The molecule has 0 spiro atoms. The Morgan fingerprint density at radius 2 is 2.14 bits per heavy atom. The molecular weight excluding hydrogens is 276 g/mol. The van der Waals surface area contributed by atoms with Crippen molar-refractivity contribution in [1.82, 2.24) is 0 Å². The Kier molecular flexibility index (Phi) is 4.09. The number of hydrogen-bond donors (Lipinski definition) is 1. The summed E-state index contributed by atoms with van der Waals surface area (Å²) in [6, 6.07) is 13.9. The number of ether oxygens (including phenoxy) is 2. The number of nitrogen functional groups attached to an aromatic ring is 1. The molecule has 2 aromatic carbocycles. The lowest BCUT2D eigenvalue weighted by atomic mass is 10.2. The van der Waals surface area contributed by atoms with Crippen molar-refractivity contribution in [1.29, 1.82) is 0 Å². The van der Waals surface area contributed by atoms with Crippen LogP contribution in [0.3, 0.4) is 0 Å². The van der Waals surface area contributed by atoms with Crippen LogP contribution in [0, 0.1) is 6.92 Å². The van der Waals surface area contributed by atoms with Gasteiger partial charge in [0.25, 0.3) is 0 Å². The smallest absolute Gasteiger partial charge is 0.143 e. The number of fused-ring (bicyclic) bond motifs is 1. The van der Waals surface area contributed by atoms with Gasteiger partial charge in [-0.05, 0) is 49.7 Å². The molecule has 1 unspecified atom stereocenters. The zero-order valence-electron chi connectivity index (χ0n) is 13.1. The maximum absolute atomic E-state index is 5.90. The van der Waals surface area contributed by atoms with Crippen molar-refractivity contribution in [3.8, 4) is 11.5 Å². The molecule has 0 bridgehead atoms. The Morgan fingerprint density at radius 1 is 1.27 bits per heavy atom. The van der Waals surface area contributed by atoms with E-state index in [4.69, 9.17) is 15.2 Å². The second-order valence-corrected chi connectivity index (χ2v) is 5.77. The predicted octanol–water partition coefficient (Wildman–Crippen LogP) is 3.24. The lowest BCUT2D eigenvalue weighted by Gasteiger charge is -2.35. The van der Waals surface area contributed by atoms with Gasteiger partial charge >= 0.3 is 0 Å². The summed E-state index contributed by atoms with van der Waals surface area (Å²) in [6.07, 6.45) is 0.162. The summed E-state index contributed by atoms with van der Waals surface area (Å²) in [4.78, 5) is 2.27. The SMILES string of the molecule is Cc1cccc(OCCN2CC(C)Oc3ccc(N)cc32)c1. The summed E-state index contributed by atoms with van der Waals surface area (Å²) in [6.45, 7) is 6.42. The first-order valence-corrected chi connectivity index (χ1v) is 7.62. The van der Waals surface area contributed by atoms with Crippen LogP contribution in [-0.4, -0.2) is 25.8 Å². The Bertz CT molecular complexity index is 657. The third-order valence-corrected chi connectivity index (χ3v) is 3.75. The zero-order valence-corrected chi connectivity index (χ0v) is 13.1. The molecule has 0 aliphatic carbocycles. The number of nitrogens with two attached hydrogens (primary N) is 1. The Balaban J connectivity index is 1.66. The summed E-state index contributed by atoms with van der Waals surface area (Å²) in [7, 11) is 0. The Hall–Kier alpha value is -2.36. The lowest BCUT2D eigenvalue weighted by molar-refractivity contribution is 0.208. The first kappa shape index (κ1) is 14.6. The second kappa shape index (κ2) is 6.18. The molecule has 2 N–H and O–H groups in total. The summed E-state index contributed by atoms with van der Waals surface area (Å²) in [5.41, 5.74) is 8.90. The molecule has 0 fully saturated rings. The van der Waals surface area contributed by atoms with Crippen LogP contribution in [0.15, 0.2) is 42.5 Å². The van der Waals surface area contributed by atoms with E-state index in [1.807, 2.05) is 36.4 Å². The topological polar surface area (TPSA) is 47.7 Å². The van der Waals surface area contributed by atoms with Crippen LogP contribution in [-0.2, 0) is 0 Å². The molecule has 1 aliphatic rings.